The highest BCUT2D eigenvalue weighted by atomic mass is 35.5. The van der Waals surface area contributed by atoms with E-state index in [4.69, 9.17) is 16.3 Å². The summed E-state index contributed by atoms with van der Waals surface area (Å²) in [5, 5.41) is 4.59. The molecule has 5 aromatic rings. The Morgan fingerprint density at radius 3 is 2.16 bits per heavy atom. The lowest BCUT2D eigenvalue weighted by molar-refractivity contribution is 0.121. The number of ether oxygens (including phenoxy) is 1. The summed E-state index contributed by atoms with van der Waals surface area (Å²) < 4.78 is 6.82. The first-order valence-corrected chi connectivity index (χ1v) is 14.1. The van der Waals surface area contributed by atoms with Gasteiger partial charge in [0, 0.05) is 20.7 Å². The Kier molecular flexibility index (Phi) is 6.46. The van der Waals surface area contributed by atoms with Crippen LogP contribution in [0.1, 0.15) is 43.9 Å². The van der Waals surface area contributed by atoms with E-state index in [0.29, 0.717) is 10.4 Å². The van der Waals surface area contributed by atoms with E-state index in [-0.39, 0.29) is 0 Å². The van der Waals surface area contributed by atoms with Crippen LogP contribution in [0.4, 0.5) is 10.5 Å². The van der Waals surface area contributed by atoms with Gasteiger partial charge in [0.1, 0.15) is 6.10 Å². The van der Waals surface area contributed by atoms with Crippen molar-refractivity contribution < 1.29 is 9.53 Å². The van der Waals surface area contributed by atoms with Crippen molar-refractivity contribution in [3.05, 3.63) is 113 Å². The normalized spacial score (nSPS) is 14.7. The monoisotopic (exact) mass is 537 g/mol. The van der Waals surface area contributed by atoms with Gasteiger partial charge < -0.3 is 4.74 Å². The quantitative estimate of drug-likeness (QED) is 0.234. The fourth-order valence-corrected chi connectivity index (χ4v) is 6.34. The van der Waals surface area contributed by atoms with Gasteiger partial charge in [-0.3, -0.25) is 5.32 Å². The third kappa shape index (κ3) is 4.82. The topological polar surface area (TPSA) is 38.3 Å². The van der Waals surface area contributed by atoms with Crippen LogP contribution in [0.25, 0.3) is 31.7 Å². The largest absolute Gasteiger partial charge is 0.441 e. The van der Waals surface area contributed by atoms with Gasteiger partial charge in [0.25, 0.3) is 0 Å². The number of benzene rings is 4. The van der Waals surface area contributed by atoms with Crippen molar-refractivity contribution in [3.8, 4) is 21.6 Å². The van der Waals surface area contributed by atoms with Crippen LogP contribution in [0.2, 0.25) is 5.02 Å². The zero-order valence-corrected chi connectivity index (χ0v) is 22.9. The number of fused-ring (bicyclic) bond motifs is 1. The van der Waals surface area contributed by atoms with Crippen LogP contribution in [0.3, 0.4) is 0 Å². The minimum absolute atomic E-state index is 0.374. The Morgan fingerprint density at radius 1 is 0.868 bits per heavy atom. The number of thiophene rings is 1. The third-order valence-electron chi connectivity index (χ3n) is 7.51. The van der Waals surface area contributed by atoms with Gasteiger partial charge in [-0.25, -0.2) is 4.79 Å². The molecule has 1 aliphatic rings. The van der Waals surface area contributed by atoms with Crippen LogP contribution in [0.15, 0.2) is 97.1 Å². The van der Waals surface area contributed by atoms with Crippen LogP contribution in [0, 0.1) is 0 Å². The summed E-state index contributed by atoms with van der Waals surface area (Å²) in [6.07, 6.45) is 1.56. The molecule has 1 saturated carbocycles. The van der Waals surface area contributed by atoms with Crippen LogP contribution in [-0.4, -0.2) is 6.09 Å². The molecule has 1 heterocycles. The first-order valence-electron chi connectivity index (χ1n) is 12.9. The molecule has 0 unspecified atom stereocenters. The van der Waals surface area contributed by atoms with Crippen molar-refractivity contribution >= 4 is 44.8 Å². The lowest BCUT2D eigenvalue weighted by Crippen LogP contribution is -2.16. The van der Waals surface area contributed by atoms with Gasteiger partial charge in [-0.05, 0) is 59.6 Å². The number of nitrogens with one attached hydrogen (secondary N) is 1. The summed E-state index contributed by atoms with van der Waals surface area (Å²) in [5.41, 5.74) is 6.76. The fourth-order valence-electron chi connectivity index (χ4n) is 4.89. The maximum atomic E-state index is 13.0. The summed E-state index contributed by atoms with van der Waals surface area (Å²) in [6.45, 7) is 4.16. The maximum Gasteiger partial charge on any atom is 0.412 e. The van der Waals surface area contributed by atoms with Crippen molar-refractivity contribution in [3.63, 3.8) is 0 Å². The summed E-state index contributed by atoms with van der Waals surface area (Å²) >= 11 is 7.96. The molecule has 1 aromatic heterocycles. The van der Waals surface area contributed by atoms with Crippen LogP contribution in [-0.2, 0) is 10.2 Å². The molecule has 1 amide bonds. The first kappa shape index (κ1) is 24.7. The minimum atomic E-state index is -0.511. The Morgan fingerprint density at radius 2 is 1.47 bits per heavy atom. The summed E-state index contributed by atoms with van der Waals surface area (Å²) in [5.74, 6) is 0. The molecule has 5 heteroatoms. The molecule has 38 heavy (non-hydrogen) atoms. The van der Waals surface area contributed by atoms with Crippen molar-refractivity contribution in [2.75, 3.05) is 5.32 Å². The van der Waals surface area contributed by atoms with Gasteiger partial charge in [0.2, 0.25) is 0 Å². The number of hydrogen-bond acceptors (Lipinski definition) is 3. The highest BCUT2D eigenvalue weighted by Gasteiger charge is 2.38. The molecule has 0 radical (unpaired) electrons. The van der Waals surface area contributed by atoms with Gasteiger partial charge in [-0.2, -0.15) is 0 Å². The summed E-state index contributed by atoms with van der Waals surface area (Å²) in [4.78, 5) is 14.0. The molecule has 0 saturated heterocycles. The fraction of sp³-hybridized carbons (Fsp3) is 0.182. The first-order chi connectivity index (χ1) is 18.4. The second-order valence-electron chi connectivity index (χ2n) is 10.2. The van der Waals surface area contributed by atoms with Gasteiger partial charge >= 0.3 is 6.09 Å². The average Bonchev–Trinajstić information content (AvgIpc) is 3.59. The molecule has 3 nitrogen and oxygen atoms in total. The average molecular weight is 538 g/mol. The van der Waals surface area contributed by atoms with Crippen LogP contribution < -0.4 is 5.32 Å². The number of halogens is 1. The summed E-state index contributed by atoms with van der Waals surface area (Å²) in [7, 11) is 0. The number of carbonyl (C=O) groups excluding carboxylic acids is 1. The molecule has 1 fully saturated rings. The smallest absolute Gasteiger partial charge is 0.412 e. The predicted molar refractivity (Wildman–Crippen MR) is 159 cm³/mol. The van der Waals surface area contributed by atoms with Crippen molar-refractivity contribution in [1.29, 1.82) is 0 Å². The minimum Gasteiger partial charge on any atom is -0.441 e. The molecule has 0 bridgehead atoms. The van der Waals surface area contributed by atoms with E-state index in [1.807, 2.05) is 43.3 Å². The third-order valence-corrected chi connectivity index (χ3v) is 9.08. The predicted octanol–water partition coefficient (Wildman–Crippen LogP) is 10.2. The molecule has 1 atom stereocenters. The number of rotatable bonds is 6. The van der Waals surface area contributed by atoms with E-state index in [2.05, 4.69) is 66.8 Å². The highest BCUT2D eigenvalue weighted by Crippen LogP contribution is 2.48. The Hall–Kier alpha value is -3.60. The second-order valence-corrected chi connectivity index (χ2v) is 11.7. The van der Waals surface area contributed by atoms with E-state index in [9.17, 15) is 4.79 Å². The molecular weight excluding hydrogens is 510 g/mol. The van der Waals surface area contributed by atoms with Crippen LogP contribution >= 0.6 is 22.9 Å². The zero-order chi connectivity index (χ0) is 26.3. The molecule has 0 spiro atoms. The Bertz CT molecular complexity index is 1620. The molecular formula is C33H28ClNO2S. The van der Waals surface area contributed by atoms with E-state index in [1.54, 1.807) is 17.4 Å². The molecule has 4 aromatic carbocycles. The van der Waals surface area contributed by atoms with Crippen molar-refractivity contribution in [2.45, 2.75) is 38.2 Å². The lowest BCUT2D eigenvalue weighted by Gasteiger charge is -2.16. The molecule has 1 aliphatic carbocycles. The van der Waals surface area contributed by atoms with E-state index in [0.717, 1.165) is 31.8 Å². The van der Waals surface area contributed by atoms with Gasteiger partial charge in [0.05, 0.1) is 10.6 Å². The van der Waals surface area contributed by atoms with Crippen molar-refractivity contribution in [1.82, 2.24) is 0 Å². The van der Waals surface area contributed by atoms with E-state index in [1.165, 1.54) is 29.5 Å². The van der Waals surface area contributed by atoms with Gasteiger partial charge in [-0.15, -0.1) is 11.3 Å². The highest BCUT2D eigenvalue weighted by molar-refractivity contribution is 7.23. The Labute approximate surface area is 232 Å². The summed E-state index contributed by atoms with van der Waals surface area (Å²) in [6, 6.07) is 33.0. The second kappa shape index (κ2) is 9.94. The standard InChI is InChI=1S/C33H28ClNO2S/c1-21(26-7-3-5-9-28(26)34)37-32(36)35-30-27-8-4-6-10-29(27)38-31(30)24-13-11-22(12-14-24)23-15-17-25(18-16-23)33(2)19-20-33/h3-18,21H,19-20H2,1-2H3,(H,35,36)/t21-/m1/s1. The number of hydrogen-bond donors (Lipinski definition) is 1. The number of amides is 1. The van der Waals surface area contributed by atoms with Crippen LogP contribution in [0.5, 0.6) is 0 Å². The SMILES string of the molecule is C[C@@H](OC(=O)Nc1c(-c2ccc(-c3ccc(C4(C)CC4)cc3)cc2)sc2ccccc12)c1ccccc1Cl. The molecule has 0 aliphatic heterocycles. The Balaban J connectivity index is 1.26. The maximum absolute atomic E-state index is 13.0. The van der Waals surface area contributed by atoms with Crippen molar-refractivity contribution in [2.24, 2.45) is 0 Å². The molecule has 6 rings (SSSR count). The lowest BCUT2D eigenvalue weighted by atomic mass is 9.95. The van der Waals surface area contributed by atoms with Gasteiger partial charge in [0.15, 0.2) is 0 Å². The molecule has 1 N–H and O–H groups in total. The van der Waals surface area contributed by atoms with E-state index >= 15 is 0 Å². The zero-order valence-electron chi connectivity index (χ0n) is 21.3. The van der Waals surface area contributed by atoms with E-state index < -0.39 is 12.2 Å². The molecule has 190 valence electrons. The van der Waals surface area contributed by atoms with Gasteiger partial charge in [-0.1, -0.05) is 103 Å². The number of carbonyl (C=O) groups is 1. The number of anilines is 1.